The molecule has 0 amide bonds. The monoisotopic (exact) mass is 368 g/mol. The van der Waals surface area contributed by atoms with Gasteiger partial charge in [-0.2, -0.15) is 0 Å². The van der Waals surface area contributed by atoms with Gasteiger partial charge in [0.2, 0.25) is 0 Å². The molecule has 1 heterocycles. The van der Waals surface area contributed by atoms with E-state index in [0.29, 0.717) is 17.6 Å². The lowest BCUT2D eigenvalue weighted by atomic mass is 9.47. The van der Waals surface area contributed by atoms with Crippen molar-refractivity contribution in [2.45, 2.75) is 70.7 Å². The van der Waals surface area contributed by atoms with Gasteiger partial charge in [0.05, 0.1) is 5.60 Å². The van der Waals surface area contributed by atoms with E-state index in [2.05, 4.69) is 26.0 Å². The van der Waals surface area contributed by atoms with Crippen molar-refractivity contribution in [2.75, 3.05) is 7.11 Å². The summed E-state index contributed by atoms with van der Waals surface area (Å²) in [5, 5.41) is 0. The van der Waals surface area contributed by atoms with E-state index in [-0.39, 0.29) is 22.7 Å². The van der Waals surface area contributed by atoms with Gasteiger partial charge >= 0.3 is 0 Å². The maximum absolute atomic E-state index is 12.0. The third-order valence-electron chi connectivity index (χ3n) is 10.00. The molecule has 3 saturated carbocycles. The minimum absolute atomic E-state index is 0.00198. The molecule has 5 aliphatic carbocycles. The first-order valence-corrected chi connectivity index (χ1v) is 11.1. The Hall–Kier alpha value is -0.930. The third kappa shape index (κ3) is 1.89. The zero-order valence-electron chi connectivity index (χ0n) is 16.9. The molecule has 4 fully saturated rings. The van der Waals surface area contributed by atoms with Crippen LogP contribution in [0, 0.1) is 40.4 Å². The Bertz CT molecular complexity index is 768. The second-order valence-corrected chi connectivity index (χ2v) is 10.7. The van der Waals surface area contributed by atoms with E-state index in [1.807, 2.05) is 6.08 Å². The largest absolute Gasteiger partial charge is 0.356 e. The molecule has 9 atom stereocenters. The fourth-order valence-electron chi connectivity index (χ4n) is 8.64. The highest BCUT2D eigenvalue weighted by molar-refractivity contribution is 5.92. The van der Waals surface area contributed by atoms with Gasteiger partial charge in [0, 0.05) is 25.4 Å². The number of carbonyl (C=O) groups is 1. The van der Waals surface area contributed by atoms with Crippen molar-refractivity contribution < 1.29 is 14.3 Å². The van der Waals surface area contributed by atoms with Crippen molar-refractivity contribution in [3.8, 4) is 0 Å². The molecule has 27 heavy (non-hydrogen) atoms. The van der Waals surface area contributed by atoms with Gasteiger partial charge in [-0.1, -0.05) is 26.0 Å². The molecule has 1 aliphatic heterocycles. The highest BCUT2D eigenvalue weighted by Gasteiger charge is 2.78. The van der Waals surface area contributed by atoms with E-state index >= 15 is 0 Å². The van der Waals surface area contributed by atoms with Crippen LogP contribution in [0.5, 0.6) is 0 Å². The Labute approximate surface area is 162 Å². The lowest BCUT2D eigenvalue weighted by Gasteiger charge is -2.58. The van der Waals surface area contributed by atoms with Crippen LogP contribution in [-0.4, -0.2) is 24.8 Å². The molecule has 3 nitrogen and oxygen atoms in total. The summed E-state index contributed by atoms with van der Waals surface area (Å²) in [6.45, 7) is 4.99. The standard InChI is InChI=1S/C24H32O3/c1-22-9-6-15(25)12-14(22)4-5-16-18(22)7-10-23(2)21(16)17-13-19(17)24(23)11-8-20(26-3)27-24/h4-5,12,16-21H,6-11,13H2,1-3H3/t16-,17-,18+,19+,20?,21-,22+,23+,24+/m1/s1. The predicted octanol–water partition coefficient (Wildman–Crippen LogP) is 4.67. The number of carbonyl (C=O) groups excluding carboxylic acids is 1. The first-order valence-electron chi connectivity index (χ1n) is 11.1. The average Bonchev–Trinajstić information content (AvgIpc) is 3.26. The molecule has 1 spiro atoms. The summed E-state index contributed by atoms with van der Waals surface area (Å²) in [7, 11) is 1.79. The van der Waals surface area contributed by atoms with E-state index in [0.717, 1.165) is 37.0 Å². The number of hydrogen-bond acceptors (Lipinski definition) is 3. The second kappa shape index (κ2) is 5.16. The summed E-state index contributed by atoms with van der Waals surface area (Å²) >= 11 is 0. The molecule has 1 saturated heterocycles. The Kier molecular flexibility index (Phi) is 3.24. The second-order valence-electron chi connectivity index (χ2n) is 10.7. The van der Waals surface area contributed by atoms with E-state index in [1.165, 1.54) is 31.3 Å². The molecule has 0 bridgehead atoms. The predicted molar refractivity (Wildman–Crippen MR) is 103 cm³/mol. The number of ether oxygens (including phenoxy) is 2. The number of allylic oxidation sites excluding steroid dienone is 4. The molecule has 0 aromatic heterocycles. The smallest absolute Gasteiger partial charge is 0.158 e. The van der Waals surface area contributed by atoms with Crippen molar-refractivity contribution in [3.63, 3.8) is 0 Å². The normalized spacial score (nSPS) is 57.7. The summed E-state index contributed by atoms with van der Waals surface area (Å²) in [6.07, 6.45) is 14.7. The maximum atomic E-state index is 12.0. The van der Waals surface area contributed by atoms with E-state index in [9.17, 15) is 4.79 Å². The number of hydrogen-bond donors (Lipinski definition) is 0. The summed E-state index contributed by atoms with van der Waals surface area (Å²) in [6, 6.07) is 0. The molecular formula is C24H32O3. The zero-order chi connectivity index (χ0) is 18.6. The van der Waals surface area contributed by atoms with Crippen molar-refractivity contribution in [1.29, 1.82) is 0 Å². The van der Waals surface area contributed by atoms with Gasteiger partial charge in [0.25, 0.3) is 0 Å². The molecule has 0 aromatic carbocycles. The van der Waals surface area contributed by atoms with Crippen LogP contribution in [0.4, 0.5) is 0 Å². The molecule has 1 unspecified atom stereocenters. The van der Waals surface area contributed by atoms with Crippen LogP contribution in [0.25, 0.3) is 0 Å². The van der Waals surface area contributed by atoms with Crippen LogP contribution >= 0.6 is 0 Å². The molecule has 0 aromatic rings. The Morgan fingerprint density at radius 2 is 2.00 bits per heavy atom. The molecule has 6 aliphatic rings. The van der Waals surface area contributed by atoms with E-state index in [4.69, 9.17) is 9.47 Å². The van der Waals surface area contributed by atoms with Crippen LogP contribution in [-0.2, 0) is 14.3 Å². The lowest BCUT2D eigenvalue weighted by molar-refractivity contribution is -0.214. The fraction of sp³-hybridized carbons (Fsp3) is 0.792. The molecule has 3 heteroatoms. The number of ketones is 1. The average molecular weight is 369 g/mol. The molecule has 6 rings (SSSR count). The van der Waals surface area contributed by atoms with Crippen molar-refractivity contribution in [1.82, 2.24) is 0 Å². The SMILES string of the molecule is COC1CC[C@]2(O1)[C@H]1C[C@H]1[C@H]1[C@@H]3C=CC4=CC(=O)CC[C@]4(C)[C@H]3CC[C@@]12C. The van der Waals surface area contributed by atoms with Crippen molar-refractivity contribution in [2.24, 2.45) is 40.4 Å². The van der Waals surface area contributed by atoms with Crippen LogP contribution in [0.1, 0.15) is 58.8 Å². The van der Waals surface area contributed by atoms with Crippen molar-refractivity contribution >= 4 is 5.78 Å². The molecular weight excluding hydrogens is 336 g/mol. The van der Waals surface area contributed by atoms with Crippen LogP contribution in [0.3, 0.4) is 0 Å². The van der Waals surface area contributed by atoms with Crippen LogP contribution < -0.4 is 0 Å². The zero-order valence-corrected chi connectivity index (χ0v) is 16.9. The van der Waals surface area contributed by atoms with Gasteiger partial charge in [-0.05, 0) is 78.8 Å². The van der Waals surface area contributed by atoms with Gasteiger partial charge in [0.1, 0.15) is 0 Å². The van der Waals surface area contributed by atoms with Gasteiger partial charge in [0.15, 0.2) is 12.1 Å². The summed E-state index contributed by atoms with van der Waals surface area (Å²) < 4.78 is 12.3. The van der Waals surface area contributed by atoms with Gasteiger partial charge in [-0.3, -0.25) is 4.79 Å². The topological polar surface area (TPSA) is 35.5 Å². The number of rotatable bonds is 1. The summed E-state index contributed by atoms with van der Waals surface area (Å²) in [5.74, 6) is 3.98. The minimum atomic E-state index is -0.00198. The number of fused-ring (bicyclic) bond motifs is 9. The molecule has 146 valence electrons. The third-order valence-corrected chi connectivity index (χ3v) is 10.00. The quantitative estimate of drug-likeness (QED) is 0.674. The lowest BCUT2D eigenvalue weighted by Crippen LogP contribution is -2.56. The Morgan fingerprint density at radius 1 is 1.15 bits per heavy atom. The van der Waals surface area contributed by atoms with Gasteiger partial charge in [-0.15, -0.1) is 0 Å². The maximum Gasteiger partial charge on any atom is 0.158 e. The van der Waals surface area contributed by atoms with Gasteiger partial charge < -0.3 is 9.47 Å². The first kappa shape index (κ1) is 17.0. The van der Waals surface area contributed by atoms with Gasteiger partial charge in [-0.25, -0.2) is 0 Å². The minimum Gasteiger partial charge on any atom is -0.356 e. The highest BCUT2D eigenvalue weighted by atomic mass is 16.7. The van der Waals surface area contributed by atoms with Crippen LogP contribution in [0.15, 0.2) is 23.8 Å². The molecule has 0 N–H and O–H groups in total. The van der Waals surface area contributed by atoms with E-state index < -0.39 is 0 Å². The Balaban J connectivity index is 1.40. The first-order chi connectivity index (χ1) is 12.9. The highest BCUT2D eigenvalue weighted by Crippen LogP contribution is 2.79. The van der Waals surface area contributed by atoms with Crippen LogP contribution in [0.2, 0.25) is 0 Å². The fourth-order valence-corrected chi connectivity index (χ4v) is 8.64. The Morgan fingerprint density at radius 3 is 2.78 bits per heavy atom. The molecule has 0 radical (unpaired) electrons. The van der Waals surface area contributed by atoms with Crippen molar-refractivity contribution in [3.05, 3.63) is 23.8 Å². The summed E-state index contributed by atoms with van der Waals surface area (Å²) in [5.41, 5.74) is 1.84. The van der Waals surface area contributed by atoms with E-state index in [1.54, 1.807) is 7.11 Å². The summed E-state index contributed by atoms with van der Waals surface area (Å²) in [4.78, 5) is 12.0. The number of methoxy groups -OCH3 is 1.